The number of amides is 1. The molecule has 104 valence electrons. The molecule has 1 aromatic carbocycles. The molecule has 0 atom stereocenters. The summed E-state index contributed by atoms with van der Waals surface area (Å²) in [6.45, 7) is 0.207. The lowest BCUT2D eigenvalue weighted by Gasteiger charge is -2.07. The van der Waals surface area contributed by atoms with Crippen molar-refractivity contribution in [2.45, 2.75) is 6.54 Å². The molecule has 0 radical (unpaired) electrons. The number of nitrogens with one attached hydrogen (secondary N) is 1. The van der Waals surface area contributed by atoms with E-state index >= 15 is 0 Å². The molecule has 2 rings (SSSR count). The van der Waals surface area contributed by atoms with Crippen LogP contribution in [0.15, 0.2) is 23.6 Å². The van der Waals surface area contributed by atoms with Crippen molar-refractivity contribution in [1.82, 2.24) is 4.98 Å². The molecule has 0 saturated carbocycles. The topological polar surface area (TPSA) is 105 Å². The molecule has 1 aromatic heterocycles. The van der Waals surface area contributed by atoms with Gasteiger partial charge in [-0.15, -0.1) is 11.3 Å². The Morgan fingerprint density at radius 2 is 2.20 bits per heavy atom. The van der Waals surface area contributed by atoms with Crippen LogP contribution < -0.4 is 11.1 Å². The number of thiazole rings is 1. The van der Waals surface area contributed by atoms with Gasteiger partial charge in [0, 0.05) is 11.9 Å². The minimum Gasteiger partial charge on any atom is -0.478 e. The van der Waals surface area contributed by atoms with Crippen molar-refractivity contribution in [2.75, 3.05) is 5.32 Å². The van der Waals surface area contributed by atoms with E-state index in [1.54, 1.807) is 0 Å². The van der Waals surface area contributed by atoms with Crippen molar-refractivity contribution in [2.24, 2.45) is 5.73 Å². The Balaban J connectivity index is 2.27. The Morgan fingerprint density at radius 1 is 1.45 bits per heavy atom. The van der Waals surface area contributed by atoms with Crippen LogP contribution in [0, 0.1) is 5.82 Å². The molecule has 1 heterocycles. The van der Waals surface area contributed by atoms with Gasteiger partial charge in [-0.1, -0.05) is 0 Å². The maximum atomic E-state index is 13.1. The van der Waals surface area contributed by atoms with Crippen LogP contribution in [0.3, 0.4) is 0 Å². The number of aromatic carboxylic acids is 1. The van der Waals surface area contributed by atoms with Gasteiger partial charge in [-0.3, -0.25) is 4.79 Å². The normalized spacial score (nSPS) is 10.3. The number of aromatic nitrogens is 1. The molecule has 0 fully saturated rings. The van der Waals surface area contributed by atoms with E-state index in [9.17, 15) is 14.0 Å². The standard InChI is InChI=1S/C12H10FN3O3S/c13-6-1-2-7(12(18)19)8(3-6)16-11(17)9-5-20-10(4-14)15-9/h1-3,5H,4,14H2,(H,16,17)(H,18,19). The van der Waals surface area contributed by atoms with E-state index in [-0.39, 0.29) is 23.5 Å². The minimum absolute atomic E-state index is 0.107. The molecule has 4 N–H and O–H groups in total. The Labute approximate surface area is 117 Å². The Morgan fingerprint density at radius 3 is 2.80 bits per heavy atom. The van der Waals surface area contributed by atoms with E-state index in [2.05, 4.69) is 10.3 Å². The SMILES string of the molecule is NCc1nc(C(=O)Nc2cc(F)ccc2C(=O)O)cs1. The minimum atomic E-state index is -1.26. The highest BCUT2D eigenvalue weighted by Crippen LogP contribution is 2.19. The van der Waals surface area contributed by atoms with E-state index in [1.165, 1.54) is 16.7 Å². The molecule has 6 nitrogen and oxygen atoms in total. The zero-order chi connectivity index (χ0) is 14.7. The van der Waals surface area contributed by atoms with Crippen molar-refractivity contribution in [1.29, 1.82) is 0 Å². The van der Waals surface area contributed by atoms with Crippen LogP contribution in [0.2, 0.25) is 0 Å². The summed E-state index contributed by atoms with van der Waals surface area (Å²) in [5.41, 5.74) is 5.18. The third kappa shape index (κ3) is 2.98. The first-order chi connectivity index (χ1) is 9.51. The quantitative estimate of drug-likeness (QED) is 0.796. The predicted molar refractivity (Wildman–Crippen MR) is 71.3 cm³/mol. The fraction of sp³-hybridized carbons (Fsp3) is 0.0833. The maximum Gasteiger partial charge on any atom is 0.337 e. The maximum absolute atomic E-state index is 13.1. The smallest absolute Gasteiger partial charge is 0.337 e. The van der Waals surface area contributed by atoms with Crippen LogP contribution >= 0.6 is 11.3 Å². The van der Waals surface area contributed by atoms with Crippen LogP contribution in [0.25, 0.3) is 0 Å². The van der Waals surface area contributed by atoms with Crippen molar-refractivity contribution in [3.05, 3.63) is 45.7 Å². The number of rotatable bonds is 4. The number of carbonyl (C=O) groups is 2. The highest BCUT2D eigenvalue weighted by molar-refractivity contribution is 7.09. The Bertz CT molecular complexity index is 672. The first kappa shape index (κ1) is 14.1. The number of nitrogens with zero attached hydrogens (tertiary/aromatic N) is 1. The van der Waals surface area contributed by atoms with E-state index < -0.39 is 17.7 Å². The first-order valence-electron chi connectivity index (χ1n) is 5.50. The molecule has 1 amide bonds. The second-order valence-electron chi connectivity index (χ2n) is 3.78. The number of anilines is 1. The summed E-state index contributed by atoms with van der Waals surface area (Å²) in [7, 11) is 0. The van der Waals surface area contributed by atoms with Crippen LogP contribution in [-0.4, -0.2) is 22.0 Å². The van der Waals surface area contributed by atoms with Crippen molar-refractivity contribution < 1.29 is 19.1 Å². The predicted octanol–water partition coefficient (Wildman–Crippen LogP) is 1.69. The van der Waals surface area contributed by atoms with E-state index in [4.69, 9.17) is 10.8 Å². The number of carbonyl (C=O) groups excluding carboxylic acids is 1. The van der Waals surface area contributed by atoms with Crippen molar-refractivity contribution in [3.63, 3.8) is 0 Å². The molecular formula is C12H10FN3O3S. The highest BCUT2D eigenvalue weighted by atomic mass is 32.1. The summed E-state index contributed by atoms with van der Waals surface area (Å²) in [6.07, 6.45) is 0. The van der Waals surface area contributed by atoms with Gasteiger partial charge in [0.1, 0.15) is 16.5 Å². The van der Waals surface area contributed by atoms with Gasteiger partial charge in [0.05, 0.1) is 11.3 Å². The molecule has 0 aliphatic rings. The summed E-state index contributed by atoms with van der Waals surface area (Å²) in [4.78, 5) is 26.9. The largest absolute Gasteiger partial charge is 0.478 e. The monoisotopic (exact) mass is 295 g/mol. The average molecular weight is 295 g/mol. The van der Waals surface area contributed by atoms with E-state index in [1.807, 2.05) is 0 Å². The molecule has 0 bridgehead atoms. The third-order valence-corrected chi connectivity index (χ3v) is 3.29. The van der Waals surface area contributed by atoms with Crippen molar-refractivity contribution in [3.8, 4) is 0 Å². The second-order valence-corrected chi connectivity index (χ2v) is 4.72. The van der Waals surface area contributed by atoms with Gasteiger partial charge in [0.15, 0.2) is 0 Å². The molecule has 0 aliphatic heterocycles. The summed E-state index contributed by atoms with van der Waals surface area (Å²) in [5.74, 6) is -2.53. The molecule has 2 aromatic rings. The molecule has 0 saturated heterocycles. The van der Waals surface area contributed by atoms with Crippen LogP contribution in [0.1, 0.15) is 25.9 Å². The molecule has 8 heteroatoms. The van der Waals surface area contributed by atoms with Crippen LogP contribution in [0.5, 0.6) is 0 Å². The zero-order valence-electron chi connectivity index (χ0n) is 10.1. The van der Waals surface area contributed by atoms with Crippen molar-refractivity contribution >= 4 is 28.9 Å². The Kier molecular flexibility index (Phi) is 4.06. The lowest BCUT2D eigenvalue weighted by Crippen LogP contribution is -2.15. The summed E-state index contributed by atoms with van der Waals surface area (Å²) >= 11 is 1.21. The molecule has 0 aliphatic carbocycles. The summed E-state index contributed by atoms with van der Waals surface area (Å²) < 4.78 is 13.1. The number of halogens is 1. The first-order valence-corrected chi connectivity index (χ1v) is 6.38. The number of benzene rings is 1. The number of hydrogen-bond donors (Lipinski definition) is 3. The van der Waals surface area contributed by atoms with Gasteiger partial charge >= 0.3 is 5.97 Å². The highest BCUT2D eigenvalue weighted by Gasteiger charge is 2.16. The molecule has 20 heavy (non-hydrogen) atoms. The fourth-order valence-electron chi connectivity index (χ4n) is 1.50. The van der Waals surface area contributed by atoms with Crippen LogP contribution in [0.4, 0.5) is 10.1 Å². The number of nitrogens with two attached hydrogens (primary N) is 1. The van der Waals surface area contributed by atoms with Gasteiger partial charge in [-0.25, -0.2) is 14.2 Å². The average Bonchev–Trinajstić information content (AvgIpc) is 2.87. The lowest BCUT2D eigenvalue weighted by atomic mass is 10.1. The van der Waals surface area contributed by atoms with E-state index in [0.717, 1.165) is 18.2 Å². The van der Waals surface area contributed by atoms with E-state index in [0.29, 0.717) is 5.01 Å². The number of hydrogen-bond acceptors (Lipinski definition) is 5. The van der Waals surface area contributed by atoms with Gasteiger partial charge in [0.25, 0.3) is 5.91 Å². The van der Waals surface area contributed by atoms with Gasteiger partial charge in [-0.05, 0) is 18.2 Å². The number of carboxylic acid groups (broad SMARTS) is 1. The summed E-state index contributed by atoms with van der Waals surface area (Å²) in [5, 5.41) is 13.4. The van der Waals surface area contributed by atoms with Gasteiger partial charge < -0.3 is 16.2 Å². The lowest BCUT2D eigenvalue weighted by molar-refractivity contribution is 0.0698. The fourth-order valence-corrected chi connectivity index (χ4v) is 2.16. The summed E-state index contributed by atoms with van der Waals surface area (Å²) in [6, 6.07) is 3.03. The second kappa shape index (κ2) is 5.76. The zero-order valence-corrected chi connectivity index (χ0v) is 10.9. The molecule has 0 spiro atoms. The van der Waals surface area contributed by atoms with Gasteiger partial charge in [-0.2, -0.15) is 0 Å². The van der Waals surface area contributed by atoms with Crippen LogP contribution in [-0.2, 0) is 6.54 Å². The molecule has 0 unspecified atom stereocenters. The van der Waals surface area contributed by atoms with Gasteiger partial charge in [0.2, 0.25) is 0 Å². The number of carboxylic acids is 1. The Hall–Kier alpha value is -2.32. The third-order valence-electron chi connectivity index (χ3n) is 2.42. The molecular weight excluding hydrogens is 285 g/mol.